The molecule has 0 radical (unpaired) electrons. The average molecular weight is 199 g/mol. The summed E-state index contributed by atoms with van der Waals surface area (Å²) >= 11 is 0. The van der Waals surface area contributed by atoms with Gasteiger partial charge in [-0.15, -0.1) is 0 Å². The molecule has 2 fully saturated rings. The third-order valence-electron chi connectivity index (χ3n) is 3.45. The Morgan fingerprint density at radius 1 is 1.29 bits per heavy atom. The topological polar surface area (TPSA) is 38.7 Å². The molecular formula is C10H21N3O. The van der Waals surface area contributed by atoms with Gasteiger partial charge in [-0.2, -0.15) is 0 Å². The van der Waals surface area contributed by atoms with Gasteiger partial charge in [-0.3, -0.25) is 5.43 Å². The molecule has 4 nitrogen and oxygen atoms in total. The monoisotopic (exact) mass is 199 g/mol. The van der Waals surface area contributed by atoms with Gasteiger partial charge in [-0.25, -0.2) is 5.01 Å². The highest BCUT2D eigenvalue weighted by Gasteiger charge is 2.38. The van der Waals surface area contributed by atoms with Crippen LogP contribution >= 0.6 is 0 Å². The van der Waals surface area contributed by atoms with Crippen molar-refractivity contribution in [3.05, 3.63) is 0 Å². The molecule has 2 bridgehead atoms. The van der Waals surface area contributed by atoms with Crippen molar-refractivity contribution in [2.24, 2.45) is 0 Å². The second-order valence-corrected chi connectivity index (χ2v) is 4.35. The highest BCUT2D eigenvalue weighted by Crippen LogP contribution is 2.27. The van der Waals surface area contributed by atoms with Gasteiger partial charge in [0.05, 0.1) is 0 Å². The van der Waals surface area contributed by atoms with Crippen molar-refractivity contribution in [1.29, 1.82) is 0 Å². The van der Waals surface area contributed by atoms with Crippen molar-refractivity contribution in [3.63, 3.8) is 0 Å². The first-order chi connectivity index (χ1) is 6.85. The fourth-order valence-electron chi connectivity index (χ4n) is 2.83. The molecule has 82 valence electrons. The smallest absolute Gasteiger partial charge is 0.0443 e. The predicted octanol–water partition coefficient (Wildman–Crippen LogP) is -0.348. The summed E-state index contributed by atoms with van der Waals surface area (Å²) in [6.45, 7) is 3.71. The number of hydrogen-bond acceptors (Lipinski definition) is 4. The third-order valence-corrected chi connectivity index (χ3v) is 3.45. The van der Waals surface area contributed by atoms with Crippen LogP contribution in [-0.4, -0.2) is 60.4 Å². The summed E-state index contributed by atoms with van der Waals surface area (Å²) in [5.41, 5.74) is 3.30. The van der Waals surface area contributed by atoms with Gasteiger partial charge in [-0.1, -0.05) is 0 Å². The first kappa shape index (κ1) is 10.4. The van der Waals surface area contributed by atoms with E-state index >= 15 is 0 Å². The Kier molecular flexibility index (Phi) is 3.38. The normalized spacial score (nSPS) is 33.9. The van der Waals surface area contributed by atoms with Crippen LogP contribution in [0.2, 0.25) is 0 Å². The Morgan fingerprint density at radius 3 is 2.43 bits per heavy atom. The summed E-state index contributed by atoms with van der Waals surface area (Å²) in [5, 5.41) is 11.2. The van der Waals surface area contributed by atoms with Crippen molar-refractivity contribution >= 4 is 0 Å². The molecule has 0 aliphatic carbocycles. The lowest BCUT2D eigenvalue weighted by Gasteiger charge is -2.40. The molecule has 2 rings (SSSR count). The van der Waals surface area contributed by atoms with Crippen molar-refractivity contribution < 1.29 is 5.11 Å². The van der Waals surface area contributed by atoms with Crippen LogP contribution in [0.3, 0.4) is 0 Å². The lowest BCUT2D eigenvalue weighted by atomic mass is 10.2. The Bertz CT molecular complexity index is 174. The van der Waals surface area contributed by atoms with Crippen LogP contribution < -0.4 is 5.43 Å². The second kappa shape index (κ2) is 4.57. The van der Waals surface area contributed by atoms with E-state index in [1.165, 1.54) is 12.8 Å². The lowest BCUT2D eigenvalue weighted by Crippen LogP contribution is -2.57. The van der Waals surface area contributed by atoms with Crippen LogP contribution in [0.1, 0.15) is 19.3 Å². The molecule has 0 aromatic heterocycles. The van der Waals surface area contributed by atoms with Crippen LogP contribution in [-0.2, 0) is 0 Å². The number of aliphatic hydroxyl groups is 1. The molecular weight excluding hydrogens is 178 g/mol. The first-order valence-corrected chi connectivity index (χ1v) is 5.64. The molecule has 2 atom stereocenters. The average Bonchev–Trinajstić information content (AvgIpc) is 2.45. The van der Waals surface area contributed by atoms with E-state index in [4.69, 9.17) is 5.11 Å². The Hall–Kier alpha value is -0.160. The van der Waals surface area contributed by atoms with Crippen molar-refractivity contribution in [1.82, 2.24) is 15.3 Å². The zero-order chi connectivity index (χ0) is 9.97. The zero-order valence-corrected chi connectivity index (χ0v) is 8.95. The lowest BCUT2D eigenvalue weighted by molar-refractivity contribution is 0.0313. The van der Waals surface area contributed by atoms with Crippen molar-refractivity contribution in [3.8, 4) is 0 Å². The third kappa shape index (κ3) is 1.93. The molecule has 0 saturated carbocycles. The number of likely N-dealkylation sites (tertiary alicyclic amines) is 1. The molecule has 0 aromatic carbocycles. The maximum Gasteiger partial charge on any atom is 0.0443 e. The minimum atomic E-state index is 0.321. The van der Waals surface area contributed by atoms with Gasteiger partial charge in [0.15, 0.2) is 0 Å². The van der Waals surface area contributed by atoms with Crippen LogP contribution in [0, 0.1) is 0 Å². The van der Waals surface area contributed by atoms with E-state index in [0.29, 0.717) is 18.7 Å². The molecule has 14 heavy (non-hydrogen) atoms. The number of hydrazine groups is 1. The Balaban J connectivity index is 1.86. The van der Waals surface area contributed by atoms with Crippen LogP contribution in [0.25, 0.3) is 0 Å². The highest BCUT2D eigenvalue weighted by molar-refractivity contribution is 4.93. The van der Waals surface area contributed by atoms with E-state index < -0.39 is 0 Å². The number of hydrogen-bond donors (Lipinski definition) is 2. The largest absolute Gasteiger partial charge is 0.396 e. The summed E-state index contributed by atoms with van der Waals surface area (Å²) in [6.07, 6.45) is 3.56. The molecule has 2 saturated heterocycles. The molecule has 2 unspecified atom stereocenters. The second-order valence-electron chi connectivity index (χ2n) is 4.35. The van der Waals surface area contributed by atoms with E-state index in [0.717, 1.165) is 26.1 Å². The number of rotatable bonds is 4. The van der Waals surface area contributed by atoms with Crippen LogP contribution in [0.5, 0.6) is 0 Å². The van der Waals surface area contributed by atoms with Crippen molar-refractivity contribution in [2.45, 2.75) is 31.3 Å². The summed E-state index contributed by atoms with van der Waals surface area (Å²) < 4.78 is 0. The zero-order valence-electron chi connectivity index (χ0n) is 8.95. The standard InChI is InChI=1S/C10H21N3O/c1-11-13-9-3-4-10(13)8-12(7-9)5-2-6-14/h9-11,14H,2-8H2,1H3. The number of nitrogens with zero attached hydrogens (tertiary/aromatic N) is 2. The van der Waals surface area contributed by atoms with E-state index in [2.05, 4.69) is 15.3 Å². The first-order valence-electron chi connectivity index (χ1n) is 5.64. The quantitative estimate of drug-likeness (QED) is 0.649. The summed E-state index contributed by atoms with van der Waals surface area (Å²) in [6, 6.07) is 1.38. The Morgan fingerprint density at radius 2 is 1.93 bits per heavy atom. The van der Waals surface area contributed by atoms with Crippen LogP contribution in [0.15, 0.2) is 0 Å². The molecule has 0 aromatic rings. The predicted molar refractivity (Wildman–Crippen MR) is 55.9 cm³/mol. The number of aliphatic hydroxyl groups excluding tert-OH is 1. The molecule has 4 heteroatoms. The SMILES string of the molecule is CNN1C2CCC1CN(CCCO)C2. The van der Waals surface area contributed by atoms with Gasteiger partial charge in [0, 0.05) is 38.3 Å². The molecule has 0 amide bonds. The van der Waals surface area contributed by atoms with E-state index in [1.54, 1.807) is 0 Å². The minimum Gasteiger partial charge on any atom is -0.396 e. The summed E-state index contributed by atoms with van der Waals surface area (Å²) in [7, 11) is 2.02. The highest BCUT2D eigenvalue weighted by atomic mass is 16.3. The van der Waals surface area contributed by atoms with Gasteiger partial charge in [0.1, 0.15) is 0 Å². The maximum atomic E-state index is 8.79. The number of nitrogens with one attached hydrogen (secondary N) is 1. The van der Waals surface area contributed by atoms with E-state index in [9.17, 15) is 0 Å². The fraction of sp³-hybridized carbons (Fsp3) is 1.00. The minimum absolute atomic E-state index is 0.321. The summed E-state index contributed by atoms with van der Waals surface area (Å²) in [4.78, 5) is 2.49. The van der Waals surface area contributed by atoms with Crippen LogP contribution in [0.4, 0.5) is 0 Å². The van der Waals surface area contributed by atoms with Gasteiger partial charge < -0.3 is 10.0 Å². The maximum absolute atomic E-state index is 8.79. The fourth-order valence-corrected chi connectivity index (χ4v) is 2.83. The summed E-state index contributed by atoms with van der Waals surface area (Å²) in [5.74, 6) is 0. The van der Waals surface area contributed by atoms with Gasteiger partial charge in [0.25, 0.3) is 0 Å². The van der Waals surface area contributed by atoms with Crippen molar-refractivity contribution in [2.75, 3.05) is 33.3 Å². The van der Waals surface area contributed by atoms with E-state index in [1.807, 2.05) is 7.05 Å². The molecule has 2 aliphatic rings. The number of fused-ring (bicyclic) bond motifs is 2. The molecule has 2 aliphatic heterocycles. The number of piperazine rings is 1. The molecule has 2 N–H and O–H groups in total. The van der Waals surface area contributed by atoms with Gasteiger partial charge in [-0.05, 0) is 26.3 Å². The Labute approximate surface area is 85.8 Å². The molecule has 0 spiro atoms. The van der Waals surface area contributed by atoms with Gasteiger partial charge >= 0.3 is 0 Å². The molecule has 2 heterocycles. The van der Waals surface area contributed by atoms with E-state index in [-0.39, 0.29) is 0 Å². The van der Waals surface area contributed by atoms with Gasteiger partial charge in [0.2, 0.25) is 0 Å².